The second-order valence-corrected chi connectivity index (χ2v) is 13.8. The van der Waals surface area contributed by atoms with E-state index in [0.29, 0.717) is 54.4 Å². The first-order valence-corrected chi connectivity index (χ1v) is 16.4. The molecule has 0 bridgehead atoms. The Labute approximate surface area is 234 Å². The summed E-state index contributed by atoms with van der Waals surface area (Å²) in [5, 5.41) is -0.888. The van der Waals surface area contributed by atoms with E-state index in [0.717, 1.165) is 5.57 Å². The van der Waals surface area contributed by atoms with Crippen molar-refractivity contribution in [1.82, 2.24) is 9.71 Å². The molecular weight excluding hydrogens is 556 g/mol. The molecule has 10 nitrogen and oxygen atoms in total. The predicted octanol–water partition coefficient (Wildman–Crippen LogP) is 3.79. The summed E-state index contributed by atoms with van der Waals surface area (Å²) in [7, 11) is -6.72. The van der Waals surface area contributed by atoms with Crippen molar-refractivity contribution in [2.24, 2.45) is 0 Å². The molecule has 12 heteroatoms. The van der Waals surface area contributed by atoms with E-state index >= 15 is 0 Å². The molecule has 1 aromatic heterocycles. The Hall–Kier alpha value is -3.64. The summed E-state index contributed by atoms with van der Waals surface area (Å²) < 4.78 is 66.4. The molecular formula is C28H32N2O8S2. The Balaban J connectivity index is 1.28. The van der Waals surface area contributed by atoms with Gasteiger partial charge in [-0.3, -0.25) is 9.52 Å². The molecule has 1 N–H and O–H groups in total. The third-order valence-corrected chi connectivity index (χ3v) is 9.03. The summed E-state index contributed by atoms with van der Waals surface area (Å²) in [5.74, 6) is 1.66. The number of carbonyl (C=O) groups excluding carboxylic acids is 1. The van der Waals surface area contributed by atoms with E-state index in [2.05, 4.69) is 11.6 Å². The fourth-order valence-electron chi connectivity index (χ4n) is 4.23. The molecule has 2 atom stereocenters. The molecule has 1 aromatic carbocycles. The minimum atomic E-state index is -3.69. The van der Waals surface area contributed by atoms with Crippen molar-refractivity contribution in [2.75, 3.05) is 18.6 Å². The Bertz CT molecular complexity index is 1500. The number of carbonyl (C=O) groups is 1. The van der Waals surface area contributed by atoms with Crippen LogP contribution in [-0.2, 0) is 24.7 Å². The maximum absolute atomic E-state index is 12.1. The Morgan fingerprint density at radius 2 is 1.88 bits per heavy atom. The number of amides is 1. The molecule has 2 aromatic rings. The van der Waals surface area contributed by atoms with Crippen LogP contribution in [0, 0.1) is 0 Å². The van der Waals surface area contributed by atoms with Crippen LogP contribution in [0.3, 0.4) is 0 Å². The fraction of sp³-hybridized carbons (Fsp3) is 0.357. The smallest absolute Gasteiger partial charge is 0.242 e. The van der Waals surface area contributed by atoms with Gasteiger partial charge < -0.3 is 14.2 Å². The summed E-state index contributed by atoms with van der Waals surface area (Å²) in [6.07, 6.45) is 10.6. The normalized spacial score (nSPS) is 21.8. The Kier molecular flexibility index (Phi) is 9.31. The van der Waals surface area contributed by atoms with Crippen LogP contribution in [0.4, 0.5) is 0 Å². The first-order valence-electron chi connectivity index (χ1n) is 12.8. The van der Waals surface area contributed by atoms with Gasteiger partial charge in [0.2, 0.25) is 21.8 Å². The zero-order valence-electron chi connectivity index (χ0n) is 22.1. The molecule has 4 rings (SSSR count). The Morgan fingerprint density at radius 1 is 1.12 bits per heavy atom. The molecule has 1 aliphatic heterocycles. The van der Waals surface area contributed by atoms with Gasteiger partial charge in [0.1, 0.15) is 38.4 Å². The van der Waals surface area contributed by atoms with Gasteiger partial charge in [-0.05, 0) is 54.7 Å². The highest BCUT2D eigenvalue weighted by Crippen LogP contribution is 2.32. The standard InChI is InChI=1S/C28H32N2O8S2/c1-20-8-11-22(37-23-12-9-21(10-13-23)26-18-27(31)30-40(26,34)35)6-3-4-7-25(20)38-24-14-15-28(29-19-24)36-16-5-17-39(2,32)33/h3-4,7,9-10,12-15,19,22,26H,1,5-6,8,11,16-18H2,2H3,(H,30,31)/b4-3-,25-7?/t22-,26?/m0/s1. The number of sulfone groups is 1. The average molecular weight is 589 g/mol. The number of benzene rings is 1. The van der Waals surface area contributed by atoms with E-state index in [-0.39, 0.29) is 24.9 Å². The Morgan fingerprint density at radius 3 is 2.52 bits per heavy atom. The number of sulfonamides is 1. The fourth-order valence-corrected chi connectivity index (χ4v) is 6.30. The largest absolute Gasteiger partial charge is 0.490 e. The maximum atomic E-state index is 12.1. The van der Waals surface area contributed by atoms with Crippen molar-refractivity contribution in [3.8, 4) is 17.4 Å². The van der Waals surface area contributed by atoms with Gasteiger partial charge in [0.15, 0.2) is 0 Å². The van der Waals surface area contributed by atoms with Crippen LogP contribution >= 0.6 is 0 Å². The first kappa shape index (κ1) is 29.3. The number of ether oxygens (including phenoxy) is 3. The number of allylic oxidation sites excluding steroid dienone is 3. The molecule has 0 saturated carbocycles. The second-order valence-electron chi connectivity index (χ2n) is 9.68. The van der Waals surface area contributed by atoms with Crippen LogP contribution in [0.5, 0.6) is 17.4 Å². The molecule has 0 spiro atoms. The lowest BCUT2D eigenvalue weighted by Crippen LogP contribution is -2.21. The first-order chi connectivity index (χ1) is 19.0. The zero-order valence-corrected chi connectivity index (χ0v) is 23.7. The number of nitrogens with one attached hydrogen (secondary N) is 1. The lowest BCUT2D eigenvalue weighted by Gasteiger charge is -2.19. The molecule has 1 saturated heterocycles. The van der Waals surface area contributed by atoms with Crippen molar-refractivity contribution >= 4 is 25.8 Å². The number of hydrogen-bond acceptors (Lipinski definition) is 9. The molecule has 1 fully saturated rings. The summed E-state index contributed by atoms with van der Waals surface area (Å²) in [4.78, 5) is 15.8. The molecule has 2 aliphatic rings. The van der Waals surface area contributed by atoms with Crippen LogP contribution in [0.15, 0.2) is 78.7 Å². The van der Waals surface area contributed by atoms with Crippen molar-refractivity contribution in [3.63, 3.8) is 0 Å². The van der Waals surface area contributed by atoms with Crippen LogP contribution in [-0.4, -0.2) is 52.4 Å². The molecule has 214 valence electrons. The van der Waals surface area contributed by atoms with Gasteiger partial charge in [0.05, 0.1) is 25.0 Å². The number of rotatable bonds is 10. The van der Waals surface area contributed by atoms with E-state index in [4.69, 9.17) is 14.2 Å². The third-order valence-electron chi connectivity index (χ3n) is 6.30. The van der Waals surface area contributed by atoms with Crippen molar-refractivity contribution in [1.29, 1.82) is 0 Å². The van der Waals surface area contributed by atoms with Gasteiger partial charge in [0.25, 0.3) is 0 Å². The minimum Gasteiger partial charge on any atom is -0.490 e. The van der Waals surface area contributed by atoms with E-state index in [1.54, 1.807) is 36.4 Å². The monoisotopic (exact) mass is 588 g/mol. The minimum absolute atomic E-state index is 0.0596. The molecule has 2 heterocycles. The van der Waals surface area contributed by atoms with Gasteiger partial charge in [0, 0.05) is 18.7 Å². The highest BCUT2D eigenvalue weighted by molar-refractivity contribution is 7.91. The molecule has 1 amide bonds. The van der Waals surface area contributed by atoms with E-state index in [1.807, 2.05) is 23.0 Å². The molecule has 1 aliphatic carbocycles. The van der Waals surface area contributed by atoms with Crippen LogP contribution in [0.25, 0.3) is 0 Å². The lowest BCUT2D eigenvalue weighted by atomic mass is 10.1. The maximum Gasteiger partial charge on any atom is 0.242 e. The van der Waals surface area contributed by atoms with E-state index < -0.39 is 31.0 Å². The third kappa shape index (κ3) is 8.43. The predicted molar refractivity (Wildman–Crippen MR) is 150 cm³/mol. The molecule has 40 heavy (non-hydrogen) atoms. The van der Waals surface area contributed by atoms with Crippen LogP contribution in [0.1, 0.15) is 42.9 Å². The van der Waals surface area contributed by atoms with Crippen LogP contribution < -0.4 is 18.9 Å². The quantitative estimate of drug-likeness (QED) is 0.411. The molecule has 0 radical (unpaired) electrons. The number of hydrogen-bond donors (Lipinski definition) is 1. The van der Waals surface area contributed by atoms with Gasteiger partial charge in [-0.2, -0.15) is 0 Å². The van der Waals surface area contributed by atoms with Crippen molar-refractivity contribution < 1.29 is 35.8 Å². The summed E-state index contributed by atoms with van der Waals surface area (Å²) in [6.45, 7) is 4.42. The van der Waals surface area contributed by atoms with Gasteiger partial charge in [-0.1, -0.05) is 30.9 Å². The zero-order chi connectivity index (χ0) is 28.8. The summed E-state index contributed by atoms with van der Waals surface area (Å²) in [5.41, 5.74) is 1.33. The SMILES string of the molecule is C=C1CC[C@@H](Oc2ccc(C3CC(=O)NS3(=O)=O)cc2)C/C=C\C=C1Oc1ccc(OCCCS(C)(=O)=O)nc1. The number of pyridine rings is 1. The lowest BCUT2D eigenvalue weighted by molar-refractivity contribution is -0.118. The number of nitrogens with zero attached hydrogens (tertiary/aromatic N) is 1. The average Bonchev–Trinajstić information content (AvgIpc) is 3.21. The van der Waals surface area contributed by atoms with Gasteiger partial charge in [-0.25, -0.2) is 21.8 Å². The molecule has 1 unspecified atom stereocenters. The number of aromatic nitrogens is 1. The van der Waals surface area contributed by atoms with E-state index in [9.17, 15) is 21.6 Å². The summed E-state index contributed by atoms with van der Waals surface area (Å²) >= 11 is 0. The topological polar surface area (TPSA) is 138 Å². The highest BCUT2D eigenvalue weighted by Gasteiger charge is 2.37. The van der Waals surface area contributed by atoms with Crippen molar-refractivity contribution in [2.45, 2.75) is 43.5 Å². The second kappa shape index (κ2) is 12.7. The summed E-state index contributed by atoms with van der Waals surface area (Å²) in [6, 6.07) is 10.2. The van der Waals surface area contributed by atoms with Crippen LogP contribution in [0.2, 0.25) is 0 Å². The van der Waals surface area contributed by atoms with Gasteiger partial charge >= 0.3 is 0 Å². The highest BCUT2D eigenvalue weighted by atomic mass is 32.2. The van der Waals surface area contributed by atoms with Gasteiger partial charge in [-0.15, -0.1) is 0 Å². The van der Waals surface area contributed by atoms with Crippen molar-refractivity contribution in [3.05, 3.63) is 84.3 Å². The van der Waals surface area contributed by atoms with E-state index in [1.165, 1.54) is 12.5 Å².